The number of aromatic nitrogens is 4. The van der Waals surface area contributed by atoms with Gasteiger partial charge in [-0.3, -0.25) is 9.36 Å². The molecule has 130 valence electrons. The van der Waals surface area contributed by atoms with Crippen molar-refractivity contribution in [3.63, 3.8) is 0 Å². The quantitative estimate of drug-likeness (QED) is 0.516. The molecule has 0 atom stereocenters. The van der Waals surface area contributed by atoms with Crippen LogP contribution in [0.1, 0.15) is 36.5 Å². The van der Waals surface area contributed by atoms with Crippen LogP contribution < -0.4 is 10.5 Å². The van der Waals surface area contributed by atoms with Crippen LogP contribution in [0.3, 0.4) is 0 Å². The minimum Gasteiger partial charge on any atom is -0.493 e. The highest BCUT2D eigenvalue weighted by molar-refractivity contribution is 6.33. The molecule has 0 saturated heterocycles. The lowest BCUT2D eigenvalue weighted by Gasteiger charge is -2.12. The second-order valence-electron chi connectivity index (χ2n) is 5.55. The summed E-state index contributed by atoms with van der Waals surface area (Å²) in [4.78, 5) is 24.2. The topological polar surface area (TPSA) is 95.9 Å². The summed E-state index contributed by atoms with van der Waals surface area (Å²) in [6.45, 7) is 2.67. The highest BCUT2D eigenvalue weighted by Gasteiger charge is 2.14. The average Bonchev–Trinajstić information content (AvgIpc) is 3.04. The van der Waals surface area contributed by atoms with E-state index in [1.54, 1.807) is 23.0 Å². The first-order valence-corrected chi connectivity index (χ1v) is 8.40. The van der Waals surface area contributed by atoms with Crippen LogP contribution in [0.5, 0.6) is 5.75 Å². The lowest BCUT2D eigenvalue weighted by Crippen LogP contribution is -2.14. The van der Waals surface area contributed by atoms with Crippen LogP contribution in [0.2, 0.25) is 5.15 Å². The highest BCUT2D eigenvalue weighted by Crippen LogP contribution is 2.25. The number of halogens is 1. The average molecular weight is 360 g/mol. The van der Waals surface area contributed by atoms with E-state index in [9.17, 15) is 4.79 Å². The predicted octanol–water partition coefficient (Wildman–Crippen LogP) is 3.14. The number of amides is 1. The molecule has 0 spiro atoms. The summed E-state index contributed by atoms with van der Waals surface area (Å²) in [6, 6.07) is 5.21. The molecule has 3 rings (SSSR count). The Bertz CT molecular complexity index is 909. The molecule has 0 aliphatic rings. The number of imidazole rings is 1. The maximum atomic E-state index is 11.8. The first-order chi connectivity index (χ1) is 12.1. The second kappa shape index (κ2) is 7.48. The Morgan fingerprint density at radius 2 is 2.12 bits per heavy atom. The second-order valence-corrected chi connectivity index (χ2v) is 5.91. The monoisotopic (exact) mass is 359 g/mol. The van der Waals surface area contributed by atoms with E-state index in [-0.39, 0.29) is 5.15 Å². The van der Waals surface area contributed by atoms with Crippen molar-refractivity contribution in [3.8, 4) is 11.4 Å². The fourth-order valence-electron chi connectivity index (χ4n) is 2.52. The molecule has 2 N–H and O–H groups in total. The third-order valence-corrected chi connectivity index (χ3v) is 4.08. The van der Waals surface area contributed by atoms with Crippen molar-refractivity contribution in [1.82, 2.24) is 19.5 Å². The molecule has 2 heterocycles. The fourth-order valence-corrected chi connectivity index (χ4v) is 2.69. The maximum absolute atomic E-state index is 11.8. The van der Waals surface area contributed by atoms with Gasteiger partial charge in [0.15, 0.2) is 10.8 Å². The first-order valence-electron chi connectivity index (χ1n) is 8.02. The van der Waals surface area contributed by atoms with Gasteiger partial charge in [0.2, 0.25) is 0 Å². The molecule has 0 unspecified atom stereocenters. The Hall–Kier alpha value is -2.67. The maximum Gasteiger partial charge on any atom is 0.252 e. The molecule has 0 aliphatic carbocycles. The van der Waals surface area contributed by atoms with Gasteiger partial charge in [0.1, 0.15) is 23.9 Å². The number of hydrogen-bond donors (Lipinski definition) is 1. The third-order valence-electron chi connectivity index (χ3n) is 3.80. The van der Waals surface area contributed by atoms with Crippen molar-refractivity contribution < 1.29 is 9.53 Å². The number of ether oxygens (including phenoxy) is 1. The van der Waals surface area contributed by atoms with Gasteiger partial charge in [-0.1, -0.05) is 31.4 Å². The van der Waals surface area contributed by atoms with E-state index >= 15 is 0 Å². The molecule has 0 radical (unpaired) electrons. The van der Waals surface area contributed by atoms with Gasteiger partial charge in [-0.2, -0.15) is 0 Å². The Labute approximate surface area is 149 Å². The van der Waals surface area contributed by atoms with Crippen molar-refractivity contribution in [2.24, 2.45) is 5.73 Å². The number of nitrogens with two attached hydrogens (primary N) is 1. The standard InChI is InChI=1S/C17H18ClN5O2/c1-2-3-4-7-25-13-6-5-11(8-12(13)16(19)24)23-10-22-14-15(18)20-9-21-17(14)23/h5-6,8-10H,2-4,7H2,1H3,(H2,19,24). The zero-order chi connectivity index (χ0) is 17.8. The van der Waals surface area contributed by atoms with E-state index < -0.39 is 5.91 Å². The van der Waals surface area contributed by atoms with Crippen LogP contribution in [0.25, 0.3) is 16.9 Å². The van der Waals surface area contributed by atoms with Gasteiger partial charge >= 0.3 is 0 Å². The molecule has 0 bridgehead atoms. The highest BCUT2D eigenvalue weighted by atomic mass is 35.5. The van der Waals surface area contributed by atoms with Crippen molar-refractivity contribution in [2.45, 2.75) is 26.2 Å². The van der Waals surface area contributed by atoms with Crippen LogP contribution in [0.15, 0.2) is 30.9 Å². The van der Waals surface area contributed by atoms with Crippen molar-refractivity contribution in [3.05, 3.63) is 41.6 Å². The van der Waals surface area contributed by atoms with E-state index in [0.29, 0.717) is 34.8 Å². The Morgan fingerprint density at radius 3 is 2.88 bits per heavy atom. The van der Waals surface area contributed by atoms with E-state index in [4.69, 9.17) is 22.1 Å². The lowest BCUT2D eigenvalue weighted by molar-refractivity contribution is 0.0996. The van der Waals surface area contributed by atoms with Crippen molar-refractivity contribution >= 4 is 28.7 Å². The molecule has 7 nitrogen and oxygen atoms in total. The first kappa shape index (κ1) is 17.2. The summed E-state index contributed by atoms with van der Waals surface area (Å²) in [7, 11) is 0. The number of fused-ring (bicyclic) bond motifs is 1. The number of nitrogens with zero attached hydrogens (tertiary/aromatic N) is 4. The van der Waals surface area contributed by atoms with Gasteiger partial charge in [-0.25, -0.2) is 15.0 Å². The van der Waals surface area contributed by atoms with E-state index in [1.807, 2.05) is 6.07 Å². The van der Waals surface area contributed by atoms with Gasteiger partial charge in [0, 0.05) is 5.69 Å². The molecule has 8 heteroatoms. The van der Waals surface area contributed by atoms with Crippen LogP contribution in [0.4, 0.5) is 0 Å². The Balaban J connectivity index is 1.96. The zero-order valence-corrected chi connectivity index (χ0v) is 14.5. The lowest BCUT2D eigenvalue weighted by atomic mass is 10.1. The summed E-state index contributed by atoms with van der Waals surface area (Å²) < 4.78 is 7.43. The van der Waals surface area contributed by atoms with Crippen LogP contribution in [0, 0.1) is 0 Å². The molecular weight excluding hydrogens is 342 g/mol. The number of hydrogen-bond acceptors (Lipinski definition) is 5. The molecule has 3 aromatic rings. The fraction of sp³-hybridized carbons (Fsp3) is 0.294. The number of primary amides is 1. The number of benzene rings is 1. The molecule has 1 aromatic carbocycles. The molecule has 2 aromatic heterocycles. The van der Waals surface area contributed by atoms with Gasteiger partial charge in [-0.05, 0) is 24.6 Å². The minimum atomic E-state index is -0.551. The van der Waals surface area contributed by atoms with Crippen LogP contribution in [-0.4, -0.2) is 32.0 Å². The minimum absolute atomic E-state index is 0.273. The summed E-state index contributed by atoms with van der Waals surface area (Å²) in [6.07, 6.45) is 6.04. The molecule has 1 amide bonds. The van der Waals surface area contributed by atoms with Crippen molar-refractivity contribution in [1.29, 1.82) is 0 Å². The zero-order valence-electron chi connectivity index (χ0n) is 13.8. The van der Waals surface area contributed by atoms with Crippen LogP contribution >= 0.6 is 11.6 Å². The van der Waals surface area contributed by atoms with Gasteiger partial charge < -0.3 is 10.5 Å². The number of carbonyl (C=O) groups excluding carboxylic acids is 1. The third kappa shape index (κ3) is 3.56. The van der Waals surface area contributed by atoms with E-state index in [1.165, 1.54) is 6.33 Å². The van der Waals surface area contributed by atoms with Gasteiger partial charge in [-0.15, -0.1) is 0 Å². The van der Waals surface area contributed by atoms with Crippen molar-refractivity contribution in [2.75, 3.05) is 6.61 Å². The van der Waals surface area contributed by atoms with E-state index in [2.05, 4.69) is 21.9 Å². The summed E-state index contributed by atoms with van der Waals surface area (Å²) in [5.74, 6) is -0.0751. The predicted molar refractivity (Wildman–Crippen MR) is 95.2 cm³/mol. The number of unbranched alkanes of at least 4 members (excludes halogenated alkanes) is 2. The van der Waals surface area contributed by atoms with Gasteiger partial charge in [0.05, 0.1) is 12.2 Å². The Morgan fingerprint density at radius 1 is 1.28 bits per heavy atom. The Kier molecular flexibility index (Phi) is 5.14. The van der Waals surface area contributed by atoms with Gasteiger partial charge in [0.25, 0.3) is 5.91 Å². The normalized spacial score (nSPS) is 11.0. The molecular formula is C17H18ClN5O2. The molecule has 0 aliphatic heterocycles. The van der Waals surface area contributed by atoms with Crippen LogP contribution in [-0.2, 0) is 0 Å². The summed E-state index contributed by atoms with van der Waals surface area (Å²) in [5.41, 5.74) is 7.55. The number of carbonyl (C=O) groups is 1. The smallest absolute Gasteiger partial charge is 0.252 e. The summed E-state index contributed by atoms with van der Waals surface area (Å²) in [5, 5.41) is 0.273. The summed E-state index contributed by atoms with van der Waals surface area (Å²) >= 11 is 6.03. The SMILES string of the molecule is CCCCCOc1ccc(-n2cnc3c(Cl)ncnc32)cc1C(N)=O. The molecule has 25 heavy (non-hydrogen) atoms. The van der Waals surface area contributed by atoms with E-state index in [0.717, 1.165) is 19.3 Å². The largest absolute Gasteiger partial charge is 0.493 e. The molecule has 0 fully saturated rings. The molecule has 0 saturated carbocycles. The number of rotatable bonds is 7.